The molecule has 0 N–H and O–H groups in total. The normalized spacial score (nSPS) is 14.2. The van der Waals surface area contributed by atoms with Crippen molar-refractivity contribution in [3.05, 3.63) is 114 Å². The molecule has 2 heterocycles. The van der Waals surface area contributed by atoms with E-state index in [1.54, 1.807) is 32.0 Å². The lowest BCUT2D eigenvalue weighted by Gasteiger charge is -2.25. The van der Waals surface area contributed by atoms with Gasteiger partial charge in [-0.15, -0.1) is 0 Å². The summed E-state index contributed by atoms with van der Waals surface area (Å²) in [6, 6.07) is 16.1. The van der Waals surface area contributed by atoms with Crippen LogP contribution in [-0.2, 0) is 25.7 Å². The Labute approximate surface area is 322 Å². The topological polar surface area (TPSA) is 115 Å². The Balaban J connectivity index is 1.56. The van der Waals surface area contributed by atoms with Gasteiger partial charge >= 0.3 is 11.9 Å². The highest BCUT2D eigenvalue weighted by atomic mass is 127. The fourth-order valence-corrected chi connectivity index (χ4v) is 8.51. The maximum Gasteiger partial charge on any atom is 0.343 e. The van der Waals surface area contributed by atoms with Gasteiger partial charge in [0.05, 0.1) is 49.3 Å². The van der Waals surface area contributed by atoms with Crippen molar-refractivity contribution in [3.8, 4) is 17.2 Å². The molecule has 3 aromatic carbocycles. The van der Waals surface area contributed by atoms with Gasteiger partial charge in [-0.1, -0.05) is 45.5 Å². The summed E-state index contributed by atoms with van der Waals surface area (Å²) in [6.07, 6.45) is 1.82. The highest BCUT2D eigenvalue weighted by molar-refractivity contribution is 14.1. The van der Waals surface area contributed by atoms with Crippen LogP contribution in [0.3, 0.4) is 0 Å². The van der Waals surface area contributed by atoms with Crippen LogP contribution in [0.5, 0.6) is 17.2 Å². The van der Waals surface area contributed by atoms with E-state index in [1.807, 2.05) is 49.4 Å². The van der Waals surface area contributed by atoms with E-state index in [1.165, 1.54) is 23.0 Å². The highest BCUT2D eigenvalue weighted by Gasteiger charge is 2.34. The molecule has 10 nitrogen and oxygen atoms in total. The Kier molecular flexibility index (Phi) is 12.6. The van der Waals surface area contributed by atoms with E-state index in [0.717, 1.165) is 28.5 Å². The van der Waals surface area contributed by atoms with Crippen LogP contribution in [0.1, 0.15) is 43.5 Å². The second-order valence-corrected chi connectivity index (χ2v) is 14.8. The Morgan fingerprint density at radius 2 is 1.69 bits per heavy atom. The Morgan fingerprint density at radius 1 is 0.980 bits per heavy atom. The molecule has 0 unspecified atom stereocenters. The molecule has 1 aliphatic heterocycles. The van der Waals surface area contributed by atoms with Crippen molar-refractivity contribution in [2.75, 3.05) is 26.9 Å². The lowest BCUT2D eigenvalue weighted by Crippen LogP contribution is -2.40. The molecule has 0 saturated heterocycles. The van der Waals surface area contributed by atoms with Gasteiger partial charge in [-0.2, -0.15) is 0 Å². The Hall–Kier alpha value is -3.22. The van der Waals surface area contributed by atoms with Crippen LogP contribution >= 0.6 is 72.4 Å². The van der Waals surface area contributed by atoms with Crippen molar-refractivity contribution in [1.29, 1.82) is 0 Å². The number of halogens is 3. The molecule has 0 saturated carbocycles. The minimum atomic E-state index is -0.860. The van der Waals surface area contributed by atoms with Gasteiger partial charge in [0.2, 0.25) is 0 Å². The molecule has 0 fully saturated rings. The van der Waals surface area contributed by atoms with Crippen LogP contribution in [0.2, 0.25) is 0 Å². The summed E-state index contributed by atoms with van der Waals surface area (Å²) >= 11 is 9.18. The van der Waals surface area contributed by atoms with E-state index in [2.05, 4.69) is 66.1 Å². The highest BCUT2D eigenvalue weighted by Crippen LogP contribution is 2.37. The Bertz CT molecular complexity index is 2090. The third-order valence-corrected chi connectivity index (χ3v) is 10.4. The number of esters is 2. The van der Waals surface area contributed by atoms with Crippen molar-refractivity contribution in [3.63, 3.8) is 0 Å². The second kappa shape index (κ2) is 16.7. The maximum atomic E-state index is 14.2. The number of hydrogen-bond donors (Lipinski definition) is 0. The van der Waals surface area contributed by atoms with Crippen LogP contribution in [-0.4, -0.2) is 43.4 Å². The maximum absolute atomic E-state index is 14.2. The number of rotatable bonds is 12. The zero-order chi connectivity index (χ0) is 35.2. The summed E-state index contributed by atoms with van der Waals surface area (Å²) in [5, 5.41) is 0. The fraction of sp³-hybridized carbons (Fsp3) is 0.257. The van der Waals surface area contributed by atoms with Gasteiger partial charge in [0.1, 0.15) is 12.4 Å². The first-order valence-corrected chi connectivity index (χ1v) is 18.8. The van der Waals surface area contributed by atoms with Gasteiger partial charge in [-0.25, -0.2) is 14.6 Å². The number of carbonyl (C=O) groups is 2. The van der Waals surface area contributed by atoms with E-state index in [0.29, 0.717) is 45.3 Å². The second-order valence-electron chi connectivity index (χ2n) is 10.5. The van der Waals surface area contributed by atoms with Crippen LogP contribution in [0.25, 0.3) is 6.08 Å². The van der Waals surface area contributed by atoms with Crippen molar-refractivity contribution in [2.45, 2.75) is 33.4 Å². The minimum Gasteiger partial charge on any atom is -0.490 e. The molecule has 14 heteroatoms. The molecular weight excluding hydrogens is 942 g/mol. The molecular formula is C35H31BrI2N2O8S. The van der Waals surface area contributed by atoms with Crippen molar-refractivity contribution in [1.82, 2.24) is 4.57 Å². The number of fused-ring (bicyclic) bond motifs is 1. The van der Waals surface area contributed by atoms with E-state index < -0.39 is 18.0 Å². The predicted octanol–water partition coefficient (Wildman–Crippen LogP) is 6.30. The standard InChI is InChI=1S/C35H31BrI2N2O8S/c1-5-45-27-16-22(9-12-26(27)47-18-29(41)44-4)31-30(34(43)46-6-2)19(3)39-35-40(31)33(42)28(49-35)15-21-13-24(37)32(25(38)14-21)48-17-20-7-10-23(36)11-8-20/h7-16,31H,5-6,17-18H2,1-4H3/b28-15-/t31-/m0/s1. The summed E-state index contributed by atoms with van der Waals surface area (Å²) in [5.41, 5.74) is 2.81. The summed E-state index contributed by atoms with van der Waals surface area (Å²) in [4.78, 5) is 44.4. The number of hydrogen-bond acceptors (Lipinski definition) is 10. The largest absolute Gasteiger partial charge is 0.490 e. The quantitative estimate of drug-likeness (QED) is 0.120. The third kappa shape index (κ3) is 8.57. The number of carbonyl (C=O) groups excluding carboxylic acids is 2. The van der Waals surface area contributed by atoms with E-state index in [-0.39, 0.29) is 24.3 Å². The first-order valence-electron chi connectivity index (χ1n) is 15.1. The van der Waals surface area contributed by atoms with E-state index >= 15 is 0 Å². The first-order chi connectivity index (χ1) is 23.5. The van der Waals surface area contributed by atoms with E-state index in [9.17, 15) is 14.4 Å². The molecule has 1 aliphatic rings. The average molecular weight is 973 g/mol. The molecule has 0 aliphatic carbocycles. The molecule has 0 radical (unpaired) electrons. The summed E-state index contributed by atoms with van der Waals surface area (Å²) in [5.74, 6) is 0.302. The number of benzene rings is 3. The number of aromatic nitrogens is 1. The molecule has 49 heavy (non-hydrogen) atoms. The lowest BCUT2D eigenvalue weighted by atomic mass is 9.95. The van der Waals surface area contributed by atoms with Crippen molar-refractivity contribution < 1.29 is 33.3 Å². The molecule has 4 aromatic rings. The smallest absolute Gasteiger partial charge is 0.343 e. The zero-order valence-electron chi connectivity index (χ0n) is 26.9. The number of thiazole rings is 1. The van der Waals surface area contributed by atoms with Gasteiger partial charge in [0, 0.05) is 4.47 Å². The van der Waals surface area contributed by atoms with Gasteiger partial charge < -0.3 is 23.7 Å². The Morgan fingerprint density at radius 3 is 2.35 bits per heavy atom. The molecule has 1 atom stereocenters. The van der Waals surface area contributed by atoms with Crippen LogP contribution in [0, 0.1) is 7.14 Å². The number of methoxy groups -OCH3 is 1. The van der Waals surface area contributed by atoms with Crippen LogP contribution in [0.4, 0.5) is 0 Å². The van der Waals surface area contributed by atoms with Crippen LogP contribution < -0.4 is 29.1 Å². The SMILES string of the molecule is CCOC(=O)C1=C(C)N=c2s/c(=C\c3cc(I)c(OCc4ccc(Br)cc4)c(I)c3)c(=O)n2[C@H]1c1ccc(OCC(=O)OC)c(OCC)c1. The number of nitrogens with zero attached hydrogens (tertiary/aromatic N) is 2. The lowest BCUT2D eigenvalue weighted by molar-refractivity contribution is -0.143. The van der Waals surface area contributed by atoms with Crippen molar-refractivity contribution >= 4 is 90.5 Å². The van der Waals surface area contributed by atoms with Gasteiger partial charge in [-0.3, -0.25) is 9.36 Å². The summed E-state index contributed by atoms with van der Waals surface area (Å²) in [7, 11) is 1.28. The molecule has 1 aromatic heterocycles. The average Bonchev–Trinajstić information content (AvgIpc) is 3.37. The third-order valence-electron chi connectivity index (χ3n) is 7.29. The summed E-state index contributed by atoms with van der Waals surface area (Å²) in [6.45, 7) is 5.84. The molecule has 0 bridgehead atoms. The van der Waals surface area contributed by atoms with Gasteiger partial charge in [0.15, 0.2) is 22.9 Å². The predicted molar refractivity (Wildman–Crippen MR) is 206 cm³/mol. The fourth-order valence-electron chi connectivity index (χ4n) is 5.07. The summed E-state index contributed by atoms with van der Waals surface area (Å²) < 4.78 is 32.6. The molecule has 0 amide bonds. The molecule has 256 valence electrons. The molecule has 0 spiro atoms. The monoisotopic (exact) mass is 972 g/mol. The minimum absolute atomic E-state index is 0.150. The van der Waals surface area contributed by atoms with Gasteiger partial charge in [-0.05, 0) is 125 Å². The van der Waals surface area contributed by atoms with Crippen molar-refractivity contribution in [2.24, 2.45) is 4.99 Å². The number of allylic oxidation sites excluding steroid dienone is 1. The molecule has 5 rings (SSSR count). The first kappa shape index (κ1) is 37.0. The zero-order valence-corrected chi connectivity index (χ0v) is 33.6. The van der Waals surface area contributed by atoms with Crippen LogP contribution in [0.15, 0.2) is 80.1 Å². The van der Waals surface area contributed by atoms with E-state index in [4.69, 9.17) is 23.7 Å². The van der Waals surface area contributed by atoms with Gasteiger partial charge in [0.25, 0.3) is 5.56 Å². The number of ether oxygens (including phenoxy) is 5.